The quantitative estimate of drug-likeness (QED) is 0.0105. The third-order valence-corrected chi connectivity index (χ3v) is 21.1. The van der Waals surface area contributed by atoms with Gasteiger partial charge < -0.3 is 72.2 Å². The van der Waals surface area contributed by atoms with Gasteiger partial charge in [0.1, 0.15) is 46.9 Å². The fourth-order valence-corrected chi connectivity index (χ4v) is 12.9. The summed E-state index contributed by atoms with van der Waals surface area (Å²) < 4.78 is 64.7. The summed E-state index contributed by atoms with van der Waals surface area (Å²) in [7, 11) is 0. The van der Waals surface area contributed by atoms with Crippen LogP contribution in [0.15, 0.2) is 218 Å². The summed E-state index contributed by atoms with van der Waals surface area (Å²) in [6, 6.07) is 46.5. The van der Waals surface area contributed by atoms with Crippen LogP contribution in [0, 0.1) is 43.4 Å². The molecule has 0 heterocycles. The number of aryl methyl sites for hydroxylation is 3. The summed E-state index contributed by atoms with van der Waals surface area (Å²) in [6.45, 7) is 32.6. The first-order valence-electron chi connectivity index (χ1n) is 49.5. The maximum Gasteiger partial charge on any atom is 0.343 e. The van der Waals surface area contributed by atoms with E-state index in [0.29, 0.717) is 144 Å². The molecule has 7 rings (SSSR count). The van der Waals surface area contributed by atoms with Crippen molar-refractivity contribution in [3.8, 4) is 52.4 Å². The van der Waals surface area contributed by atoms with Crippen molar-refractivity contribution >= 4 is 83.7 Å². The molecule has 0 radical (unpaired) electrons. The van der Waals surface area contributed by atoms with Crippen LogP contribution in [0.5, 0.6) is 40.2 Å². The molecule has 780 valence electrons. The summed E-state index contributed by atoms with van der Waals surface area (Å²) in [5, 5.41) is 41.5. The Bertz CT molecular complexity index is 5360. The Labute approximate surface area is 855 Å². The van der Waals surface area contributed by atoms with Gasteiger partial charge in [-0.05, 0) is 291 Å². The maximum absolute atomic E-state index is 12.6. The van der Waals surface area contributed by atoms with Gasteiger partial charge in [-0.2, -0.15) is 10.5 Å². The summed E-state index contributed by atoms with van der Waals surface area (Å²) >= 11 is 0. The van der Waals surface area contributed by atoms with Crippen LogP contribution in [-0.2, 0) is 57.2 Å². The zero-order chi connectivity index (χ0) is 107. The van der Waals surface area contributed by atoms with Crippen molar-refractivity contribution < 1.29 is 125 Å². The Balaban J connectivity index is 0.000000495. The van der Waals surface area contributed by atoms with E-state index in [1.165, 1.54) is 12.2 Å². The van der Waals surface area contributed by atoms with E-state index in [9.17, 15) is 52.7 Å². The SMILES string of the molecule is C=C(C)C(=O)OCCCCCCCCOc1ccc(C(=O)O)cc1.C=C(C)C(=O)OCCCCCCCCOc1ccc(C(=O)Oc2ccc(/C=C/C(=O)CCCCC)cc2C)cc1.C=C(C)C(=O)OCCCCCCCCOc1ccc(C(=O)Oc2ccc(/C=C/C(=O)O)cc2C)cc1.C=C(C)C(=O)OCCCCCCCCOc1ccc(C(=O)Oc2ccc(/C=C/C(=O)OCCC#N)cc2C)cc1.N#CCCO. The molecule has 0 unspecified atom stereocenters. The van der Waals surface area contributed by atoms with Gasteiger partial charge in [0.15, 0.2) is 5.78 Å². The number of carboxylic acids is 2. The Morgan fingerprint density at radius 3 is 0.834 bits per heavy atom. The zero-order valence-electron chi connectivity index (χ0n) is 85.6. The van der Waals surface area contributed by atoms with Gasteiger partial charge in [-0.1, -0.05) is 173 Å². The Morgan fingerprint density at radius 1 is 0.317 bits per heavy atom. The van der Waals surface area contributed by atoms with Crippen LogP contribution in [0.4, 0.5) is 0 Å². The highest BCUT2D eigenvalue weighted by Crippen LogP contribution is 2.28. The molecule has 0 spiro atoms. The lowest BCUT2D eigenvalue weighted by atomic mass is 10.1. The third-order valence-electron chi connectivity index (χ3n) is 21.1. The van der Waals surface area contributed by atoms with Gasteiger partial charge in [-0.3, -0.25) is 4.79 Å². The van der Waals surface area contributed by atoms with Crippen LogP contribution in [0.25, 0.3) is 18.2 Å². The number of aliphatic hydroxyl groups is 1. The average Bonchev–Trinajstić information content (AvgIpc) is 0.854. The minimum atomic E-state index is -1.02. The summed E-state index contributed by atoms with van der Waals surface area (Å²) in [5.74, 6) is -0.920. The van der Waals surface area contributed by atoms with Crippen molar-refractivity contribution in [2.24, 2.45) is 0 Å². The molecular weight excluding hydrogens is 1850 g/mol. The van der Waals surface area contributed by atoms with Gasteiger partial charge >= 0.3 is 59.7 Å². The van der Waals surface area contributed by atoms with Crippen LogP contribution in [-0.4, -0.2) is 147 Å². The third kappa shape index (κ3) is 59.7. The standard InChI is InChI=1S/C34H44O6.C32H37NO7.C29H34O7.C19H26O5.C3H5NO/c1-5-6-11-14-30(35)19-15-28-16-22-32(27(4)25-28)40-34(37)29-17-20-31(21-18-29)38-23-12-9-7-8-10-13-24-39-33(36)26(2)3;1-24(2)31(35)39-21-9-7-5-4-6-8-20-37-28-15-13-27(14-16-28)32(36)40-29-17-11-26(23-25(29)3)12-18-30(34)38-22-10-19-33;1-21(2)28(32)35-19-9-7-5-4-6-8-18-34-25-14-12-24(13-15-25)29(33)36-26-16-10-23(20-22(26)3)11-17-27(30)31;1-15(2)19(22)24-14-8-6-4-3-5-7-13-23-17-11-9-16(10-12-17)18(20)21;4-2-1-3-5/h15-22,25H,2,5-14,23-24H2,1,3-4H3;11-18,23H,1,4-10,20-22H2,2-3H3;10-17,20H,1,4-9,18-19H2,2-3H3,(H,30,31);9-12H,1,3-8,13-14H2,2H3,(H,20,21);5H,1,3H2/b19-15+;18-12+;17-11+;;. The predicted octanol–water partition coefficient (Wildman–Crippen LogP) is 25.0. The number of hydrogen-bond donors (Lipinski definition) is 3. The van der Waals surface area contributed by atoms with Gasteiger partial charge in [-0.25, -0.2) is 47.9 Å². The highest BCUT2D eigenvalue weighted by Gasteiger charge is 2.17. The van der Waals surface area contributed by atoms with E-state index in [2.05, 4.69) is 33.2 Å². The van der Waals surface area contributed by atoms with Gasteiger partial charge in [0.2, 0.25) is 0 Å². The Hall–Kier alpha value is -14.8. The molecule has 0 aliphatic heterocycles. The average molecular weight is 2000 g/mol. The second kappa shape index (κ2) is 76.9. The fraction of sp³-hybridized carbons (Fsp3) is 0.410. The van der Waals surface area contributed by atoms with Crippen molar-refractivity contribution in [2.75, 3.05) is 66.1 Å². The number of carboxylic acid groups (broad SMARTS) is 2. The topological polar surface area (TPSA) is 407 Å². The summed E-state index contributed by atoms with van der Waals surface area (Å²) in [5.41, 5.74) is 7.87. The number of aliphatic carboxylic acids is 1. The number of unbranched alkanes of at least 4 members (excludes halogenated alkanes) is 22. The molecule has 28 nitrogen and oxygen atoms in total. The van der Waals surface area contributed by atoms with Gasteiger partial charge in [0.05, 0.1) is 107 Å². The molecule has 0 amide bonds. The van der Waals surface area contributed by atoms with Crippen molar-refractivity contribution in [2.45, 2.75) is 248 Å². The molecule has 7 aromatic carbocycles. The van der Waals surface area contributed by atoms with Crippen molar-refractivity contribution in [3.05, 3.63) is 274 Å². The van der Waals surface area contributed by atoms with E-state index < -0.39 is 35.8 Å². The van der Waals surface area contributed by atoms with E-state index in [-0.39, 0.29) is 61.3 Å². The molecule has 3 N–H and O–H groups in total. The van der Waals surface area contributed by atoms with E-state index in [1.807, 2.05) is 32.0 Å². The van der Waals surface area contributed by atoms with Gasteiger partial charge in [-0.15, -0.1) is 0 Å². The Kier molecular flexibility index (Phi) is 66.0. The number of esters is 8. The minimum Gasteiger partial charge on any atom is -0.494 e. The molecule has 0 saturated carbocycles. The number of nitrogens with zero attached hydrogens (tertiary/aromatic N) is 2. The lowest BCUT2D eigenvalue weighted by Gasteiger charge is -2.10. The Morgan fingerprint density at radius 2 is 0.586 bits per heavy atom. The lowest BCUT2D eigenvalue weighted by Crippen LogP contribution is -2.09. The first-order chi connectivity index (χ1) is 69.8. The molecule has 0 bridgehead atoms. The second-order valence-corrected chi connectivity index (χ2v) is 34.2. The number of allylic oxidation sites excluding steroid dienone is 1. The minimum absolute atomic E-state index is 0.0174. The van der Waals surface area contributed by atoms with E-state index >= 15 is 0 Å². The number of ketones is 1. The van der Waals surface area contributed by atoms with Crippen LogP contribution in [0.3, 0.4) is 0 Å². The molecule has 0 aliphatic carbocycles. The highest BCUT2D eigenvalue weighted by molar-refractivity contribution is 5.95. The zero-order valence-corrected chi connectivity index (χ0v) is 85.6. The normalized spacial score (nSPS) is 10.5. The second-order valence-electron chi connectivity index (χ2n) is 34.2. The molecule has 0 saturated heterocycles. The number of aromatic carboxylic acids is 1. The van der Waals surface area contributed by atoms with E-state index in [4.69, 9.17) is 82.7 Å². The number of benzene rings is 7. The van der Waals surface area contributed by atoms with Crippen LogP contribution in [0.2, 0.25) is 0 Å². The molecule has 0 fully saturated rings. The van der Waals surface area contributed by atoms with Gasteiger partial charge in [0, 0.05) is 40.9 Å². The molecule has 28 heteroatoms. The molecule has 145 heavy (non-hydrogen) atoms. The van der Waals surface area contributed by atoms with Crippen LogP contribution >= 0.6 is 0 Å². The van der Waals surface area contributed by atoms with Crippen molar-refractivity contribution in [3.63, 3.8) is 0 Å². The highest BCUT2D eigenvalue weighted by atomic mass is 16.6. The number of hydrogen-bond acceptors (Lipinski definition) is 26. The first kappa shape index (κ1) is 124. The fourth-order valence-electron chi connectivity index (χ4n) is 12.9. The lowest BCUT2D eigenvalue weighted by molar-refractivity contribution is -0.139. The maximum atomic E-state index is 12.6. The monoisotopic (exact) mass is 2000 g/mol. The number of carbonyl (C=O) groups is 11. The van der Waals surface area contributed by atoms with Crippen molar-refractivity contribution in [1.82, 2.24) is 0 Å². The molecular formula is C117H146N2O26. The smallest absolute Gasteiger partial charge is 0.343 e. The largest absolute Gasteiger partial charge is 0.494 e. The summed E-state index contributed by atoms with van der Waals surface area (Å²) in [4.78, 5) is 128. The number of aliphatic hydroxyl groups excluding tert-OH is 1. The molecule has 7 aromatic rings. The summed E-state index contributed by atoms with van der Waals surface area (Å²) in [6.07, 6.45) is 37.3. The number of nitriles is 2. The van der Waals surface area contributed by atoms with Gasteiger partial charge in [0.25, 0.3) is 0 Å². The molecule has 0 aliphatic rings. The van der Waals surface area contributed by atoms with E-state index in [0.717, 1.165) is 207 Å². The van der Waals surface area contributed by atoms with E-state index in [1.54, 1.807) is 198 Å². The molecule has 0 atom stereocenters. The predicted molar refractivity (Wildman–Crippen MR) is 559 cm³/mol. The number of carbonyl (C=O) groups excluding carboxylic acids is 9. The van der Waals surface area contributed by atoms with Crippen LogP contribution in [0.1, 0.15) is 302 Å². The number of ether oxygens (including phenoxy) is 12. The first-order valence-corrected chi connectivity index (χ1v) is 49.5. The van der Waals surface area contributed by atoms with Crippen molar-refractivity contribution in [1.29, 1.82) is 10.5 Å². The number of rotatable bonds is 64. The van der Waals surface area contributed by atoms with Crippen LogP contribution < -0.4 is 33.2 Å². The molecule has 0 aromatic heterocycles.